The zero-order valence-electron chi connectivity index (χ0n) is 14.9. The van der Waals surface area contributed by atoms with Crippen molar-refractivity contribution in [2.24, 2.45) is 5.73 Å². The van der Waals surface area contributed by atoms with Gasteiger partial charge in [-0.05, 0) is 25.1 Å². The molecule has 0 unspecified atom stereocenters. The van der Waals surface area contributed by atoms with Crippen molar-refractivity contribution in [3.8, 4) is 11.5 Å². The molecule has 0 amide bonds. The highest BCUT2D eigenvalue weighted by Gasteiger charge is 2.46. The number of para-hydroxylation sites is 1. The molecule has 0 saturated heterocycles. The molecule has 1 heterocycles. The van der Waals surface area contributed by atoms with Crippen molar-refractivity contribution in [2.45, 2.75) is 18.6 Å². The molecule has 0 spiro atoms. The monoisotopic (exact) mass is 359 g/mol. The first kappa shape index (κ1) is 17.3. The summed E-state index contributed by atoms with van der Waals surface area (Å²) in [5, 5.41) is 0. The molecule has 27 heavy (non-hydrogen) atoms. The predicted molar refractivity (Wildman–Crippen MR) is 104 cm³/mol. The van der Waals surface area contributed by atoms with Crippen LogP contribution in [0.15, 0.2) is 78.9 Å². The molecule has 0 aliphatic carbocycles. The van der Waals surface area contributed by atoms with Crippen molar-refractivity contribution in [1.29, 1.82) is 0 Å². The van der Waals surface area contributed by atoms with Crippen LogP contribution in [0.5, 0.6) is 11.5 Å². The van der Waals surface area contributed by atoms with Crippen LogP contribution < -0.4 is 15.2 Å². The lowest BCUT2D eigenvalue weighted by Gasteiger charge is -2.28. The fourth-order valence-electron chi connectivity index (χ4n) is 3.36. The second-order valence-electron chi connectivity index (χ2n) is 6.50. The lowest BCUT2D eigenvalue weighted by Crippen LogP contribution is -2.36. The lowest BCUT2D eigenvalue weighted by molar-refractivity contribution is -0.0460. The Hall–Kier alpha value is -3.11. The molecule has 1 aliphatic heterocycles. The minimum Gasteiger partial charge on any atom is -0.440 e. The van der Waals surface area contributed by atoms with Gasteiger partial charge in [-0.1, -0.05) is 66.7 Å². The zero-order chi connectivity index (χ0) is 18.7. The Balaban J connectivity index is 1.81. The first-order valence-electron chi connectivity index (χ1n) is 9.10. The number of carbonyl (C=O) groups excluding carboxylic acids is 1. The maximum atomic E-state index is 12.7. The number of hydrogen-bond donors (Lipinski definition) is 1. The lowest BCUT2D eigenvalue weighted by atomic mass is 9.97. The van der Waals surface area contributed by atoms with Crippen molar-refractivity contribution in [1.82, 2.24) is 0 Å². The van der Waals surface area contributed by atoms with Gasteiger partial charge in [0.2, 0.25) is 0 Å². The smallest absolute Gasteiger partial charge is 0.305 e. The molecular formula is C23H21NO3. The Labute approximate surface area is 158 Å². The summed E-state index contributed by atoms with van der Waals surface area (Å²) in [5.74, 6) is -0.0406. The summed E-state index contributed by atoms with van der Waals surface area (Å²) < 4.78 is 12.8. The van der Waals surface area contributed by atoms with Gasteiger partial charge in [-0.3, -0.25) is 4.79 Å². The molecule has 3 aromatic rings. The maximum absolute atomic E-state index is 12.7. The molecule has 0 saturated carbocycles. The third kappa shape index (κ3) is 3.09. The number of fused-ring (bicyclic) bond motifs is 1. The Kier molecular flexibility index (Phi) is 4.65. The van der Waals surface area contributed by atoms with E-state index in [1.54, 1.807) is 6.07 Å². The van der Waals surface area contributed by atoms with Gasteiger partial charge in [0, 0.05) is 17.5 Å². The molecule has 4 heteroatoms. The van der Waals surface area contributed by atoms with E-state index in [1.807, 2.05) is 72.8 Å². The molecular weight excluding hydrogens is 338 g/mol. The highest BCUT2D eigenvalue weighted by atomic mass is 16.7. The highest BCUT2D eigenvalue weighted by molar-refractivity contribution is 5.99. The van der Waals surface area contributed by atoms with Crippen LogP contribution in [0.2, 0.25) is 0 Å². The molecule has 136 valence electrons. The molecule has 0 fully saturated rings. The summed E-state index contributed by atoms with van der Waals surface area (Å²) in [4.78, 5) is 12.7. The first-order valence-corrected chi connectivity index (χ1v) is 9.10. The summed E-state index contributed by atoms with van der Waals surface area (Å²) in [6.07, 6.45) is 1.03. The number of nitrogens with two attached hydrogens (primary N) is 1. The second-order valence-corrected chi connectivity index (χ2v) is 6.50. The van der Waals surface area contributed by atoms with Gasteiger partial charge in [0.15, 0.2) is 17.3 Å². The number of hydrogen-bond acceptors (Lipinski definition) is 4. The molecule has 0 atom stereocenters. The van der Waals surface area contributed by atoms with Gasteiger partial charge in [0.1, 0.15) is 0 Å². The van der Waals surface area contributed by atoms with Gasteiger partial charge in [-0.2, -0.15) is 0 Å². The van der Waals surface area contributed by atoms with Gasteiger partial charge >= 0.3 is 5.79 Å². The van der Waals surface area contributed by atoms with E-state index in [1.165, 1.54) is 0 Å². The molecule has 0 bridgehead atoms. The van der Waals surface area contributed by atoms with Gasteiger partial charge in [-0.25, -0.2) is 0 Å². The molecule has 2 N–H and O–H groups in total. The number of rotatable bonds is 6. The van der Waals surface area contributed by atoms with E-state index in [-0.39, 0.29) is 5.78 Å². The number of ether oxygens (including phenoxy) is 2. The number of Topliss-reactive ketones (excluding diaryl/α,β-unsaturated/α-hetero) is 1. The van der Waals surface area contributed by atoms with Crippen molar-refractivity contribution >= 4 is 5.78 Å². The summed E-state index contributed by atoms with van der Waals surface area (Å²) in [7, 11) is 0. The first-order chi connectivity index (χ1) is 13.2. The average Bonchev–Trinajstić information content (AvgIpc) is 3.14. The fourth-order valence-corrected chi connectivity index (χ4v) is 3.36. The van der Waals surface area contributed by atoms with Crippen molar-refractivity contribution in [3.63, 3.8) is 0 Å². The quantitative estimate of drug-likeness (QED) is 0.667. The van der Waals surface area contributed by atoms with Crippen molar-refractivity contribution in [3.05, 3.63) is 95.6 Å². The topological polar surface area (TPSA) is 61.6 Å². The minimum absolute atomic E-state index is 0.0119. The summed E-state index contributed by atoms with van der Waals surface area (Å²) in [6.45, 7) is 0.482. The Morgan fingerprint density at radius 1 is 0.815 bits per heavy atom. The number of carbonyl (C=O) groups is 1. The molecule has 3 aromatic carbocycles. The van der Waals surface area contributed by atoms with Crippen LogP contribution in [0.4, 0.5) is 0 Å². The van der Waals surface area contributed by atoms with Crippen LogP contribution in [-0.2, 0) is 5.79 Å². The maximum Gasteiger partial charge on any atom is 0.305 e. The van der Waals surface area contributed by atoms with E-state index < -0.39 is 5.79 Å². The van der Waals surface area contributed by atoms with Gasteiger partial charge in [0.25, 0.3) is 0 Å². The SMILES string of the molecule is NCCCC(=O)c1cccc2c1OC(c1ccccc1)(c1ccccc1)O2. The van der Waals surface area contributed by atoms with Crippen LogP contribution in [-0.4, -0.2) is 12.3 Å². The van der Waals surface area contributed by atoms with Crippen molar-refractivity contribution < 1.29 is 14.3 Å². The van der Waals surface area contributed by atoms with Crippen LogP contribution in [0.1, 0.15) is 34.3 Å². The Bertz CT molecular complexity index is 899. The third-order valence-electron chi connectivity index (χ3n) is 4.69. The average molecular weight is 359 g/mol. The van der Waals surface area contributed by atoms with Crippen LogP contribution >= 0.6 is 0 Å². The van der Waals surface area contributed by atoms with Gasteiger partial charge in [-0.15, -0.1) is 0 Å². The summed E-state index contributed by atoms with van der Waals surface area (Å²) >= 11 is 0. The second kappa shape index (κ2) is 7.25. The van der Waals surface area contributed by atoms with E-state index in [0.29, 0.717) is 36.4 Å². The molecule has 4 rings (SSSR count). The predicted octanol–water partition coefficient (Wildman–Crippen LogP) is 4.28. The Morgan fingerprint density at radius 3 is 2.04 bits per heavy atom. The molecule has 4 nitrogen and oxygen atoms in total. The minimum atomic E-state index is -1.12. The Morgan fingerprint density at radius 2 is 1.44 bits per heavy atom. The number of ketones is 1. The van der Waals surface area contributed by atoms with Gasteiger partial charge in [0.05, 0.1) is 5.56 Å². The molecule has 0 aromatic heterocycles. The van der Waals surface area contributed by atoms with E-state index in [4.69, 9.17) is 15.2 Å². The zero-order valence-corrected chi connectivity index (χ0v) is 14.9. The van der Waals surface area contributed by atoms with Crippen molar-refractivity contribution in [2.75, 3.05) is 6.54 Å². The fraction of sp³-hybridized carbons (Fsp3) is 0.174. The summed E-state index contributed by atoms with van der Waals surface area (Å²) in [6, 6.07) is 25.0. The van der Waals surface area contributed by atoms with E-state index in [0.717, 1.165) is 11.1 Å². The summed E-state index contributed by atoms with van der Waals surface area (Å²) in [5.41, 5.74) is 7.83. The third-order valence-corrected chi connectivity index (χ3v) is 4.69. The molecule has 0 radical (unpaired) electrons. The van der Waals surface area contributed by atoms with E-state index >= 15 is 0 Å². The normalized spacial score (nSPS) is 14.1. The highest BCUT2D eigenvalue weighted by Crippen LogP contribution is 2.49. The van der Waals surface area contributed by atoms with Crippen LogP contribution in [0.3, 0.4) is 0 Å². The molecule has 1 aliphatic rings. The number of benzene rings is 3. The van der Waals surface area contributed by atoms with E-state index in [2.05, 4.69) is 0 Å². The van der Waals surface area contributed by atoms with Crippen LogP contribution in [0.25, 0.3) is 0 Å². The van der Waals surface area contributed by atoms with Crippen LogP contribution in [0, 0.1) is 0 Å². The largest absolute Gasteiger partial charge is 0.440 e. The standard InChI is InChI=1S/C23H21NO3/c24-16-8-14-20(25)19-13-7-15-21-22(19)27-23(26-21,17-9-3-1-4-10-17)18-11-5-2-6-12-18/h1-7,9-13,15H,8,14,16,24H2. The van der Waals surface area contributed by atoms with Gasteiger partial charge < -0.3 is 15.2 Å². The van der Waals surface area contributed by atoms with E-state index in [9.17, 15) is 4.79 Å².